The lowest BCUT2D eigenvalue weighted by Gasteiger charge is -2.41. The smallest absolute Gasteiger partial charge is 0.306 e. The van der Waals surface area contributed by atoms with Crippen LogP contribution < -0.4 is 0 Å². The molecule has 0 amide bonds. The molecule has 0 radical (unpaired) electrons. The Morgan fingerprint density at radius 2 is 2.00 bits per heavy atom. The number of allylic oxidation sites excluding steroid dienone is 3. The molecule has 4 atom stereocenters. The van der Waals surface area contributed by atoms with Gasteiger partial charge in [0.05, 0.1) is 6.42 Å². The normalized spacial score (nSPS) is 28.4. The Kier molecular flexibility index (Phi) is 10.2. The van der Waals surface area contributed by atoms with Crippen molar-refractivity contribution in [2.45, 2.75) is 97.7 Å². The predicted molar refractivity (Wildman–Crippen MR) is 106 cm³/mol. The lowest BCUT2D eigenvalue weighted by atomic mass is 9.80. The van der Waals surface area contributed by atoms with Gasteiger partial charge in [-0.2, -0.15) is 0 Å². The molecule has 1 fully saturated rings. The van der Waals surface area contributed by atoms with Crippen LogP contribution in [0.25, 0.3) is 0 Å². The zero-order valence-electron chi connectivity index (χ0n) is 17.3. The molecule has 1 N–H and O–H groups in total. The molecule has 4 nitrogen and oxygen atoms in total. The number of carbonyl (C=O) groups is 1. The van der Waals surface area contributed by atoms with Crippen LogP contribution in [-0.4, -0.2) is 22.8 Å². The van der Waals surface area contributed by atoms with Crippen molar-refractivity contribution in [1.29, 1.82) is 0 Å². The van der Waals surface area contributed by atoms with Crippen LogP contribution in [-0.2, 0) is 14.6 Å². The molecule has 1 heterocycles. The van der Waals surface area contributed by atoms with Crippen molar-refractivity contribution in [2.75, 3.05) is 0 Å². The number of hydrogen-bond acceptors (Lipinski definition) is 3. The van der Waals surface area contributed by atoms with E-state index in [4.69, 9.17) is 14.9 Å². The molecule has 1 rings (SSSR count). The molecule has 26 heavy (non-hydrogen) atoms. The molecule has 0 unspecified atom stereocenters. The Morgan fingerprint density at radius 1 is 1.27 bits per heavy atom. The summed E-state index contributed by atoms with van der Waals surface area (Å²) in [6, 6.07) is 0. The Balaban J connectivity index is 2.94. The van der Waals surface area contributed by atoms with E-state index in [0.717, 1.165) is 44.9 Å². The molecule has 4 heteroatoms. The molecular formula is C22H38O4. The van der Waals surface area contributed by atoms with Crippen LogP contribution in [0.4, 0.5) is 0 Å². The van der Waals surface area contributed by atoms with Crippen LogP contribution >= 0.6 is 0 Å². The van der Waals surface area contributed by atoms with E-state index in [2.05, 4.69) is 52.8 Å². The first-order valence-corrected chi connectivity index (χ1v) is 10.4. The average molecular weight is 367 g/mol. The lowest BCUT2D eigenvalue weighted by Crippen LogP contribution is -2.44. The summed E-state index contributed by atoms with van der Waals surface area (Å²) < 4.78 is 0. The molecule has 0 bridgehead atoms. The molecular weight excluding hydrogens is 328 g/mol. The highest BCUT2D eigenvalue weighted by atomic mass is 17.2. The molecule has 1 aliphatic rings. The molecule has 0 saturated carbocycles. The SMILES string of the molecule is CC/C=C/[C@@H](CC)C/C(=C/[C@]1(CC)C[C@@H](CC)[C@@H](CC(=O)O)OO1)CC. The van der Waals surface area contributed by atoms with Gasteiger partial charge in [-0.25, -0.2) is 9.78 Å². The van der Waals surface area contributed by atoms with Gasteiger partial charge >= 0.3 is 5.97 Å². The van der Waals surface area contributed by atoms with Gasteiger partial charge in [-0.3, -0.25) is 4.79 Å². The first kappa shape index (κ1) is 22.9. The Bertz CT molecular complexity index is 483. The van der Waals surface area contributed by atoms with Crippen LogP contribution in [0.5, 0.6) is 0 Å². The van der Waals surface area contributed by atoms with E-state index in [1.807, 2.05) is 0 Å². The molecule has 0 spiro atoms. The zero-order valence-corrected chi connectivity index (χ0v) is 17.3. The van der Waals surface area contributed by atoms with Crippen molar-refractivity contribution in [1.82, 2.24) is 0 Å². The first-order chi connectivity index (χ1) is 12.4. The fraction of sp³-hybridized carbons (Fsp3) is 0.773. The molecule has 1 saturated heterocycles. The maximum absolute atomic E-state index is 11.1. The molecule has 0 aromatic rings. The standard InChI is InChI=1S/C22H38O4/c1-6-11-12-17(7-2)13-18(8-3)15-22(10-5)16-19(9-4)20(25-26-22)14-21(23)24/h11-12,15,17,19-20H,6-10,13-14,16H2,1-5H3,(H,23,24)/b12-11+,18-15+/t17-,19-,20-,22-/m1/s1. The van der Waals surface area contributed by atoms with Crippen molar-refractivity contribution in [2.24, 2.45) is 11.8 Å². The number of carboxylic acid groups (broad SMARTS) is 1. The highest BCUT2D eigenvalue weighted by Gasteiger charge is 2.41. The van der Waals surface area contributed by atoms with Crippen molar-refractivity contribution >= 4 is 5.97 Å². The molecule has 1 aliphatic heterocycles. The largest absolute Gasteiger partial charge is 0.481 e. The summed E-state index contributed by atoms with van der Waals surface area (Å²) in [4.78, 5) is 22.5. The molecule has 0 aliphatic carbocycles. The van der Waals surface area contributed by atoms with Gasteiger partial charge in [-0.1, -0.05) is 64.8 Å². The predicted octanol–water partition coefficient (Wildman–Crippen LogP) is 6.08. The zero-order chi connectivity index (χ0) is 19.6. The quantitative estimate of drug-likeness (QED) is 0.356. The van der Waals surface area contributed by atoms with E-state index in [1.165, 1.54) is 5.57 Å². The maximum atomic E-state index is 11.1. The minimum atomic E-state index is -0.834. The summed E-state index contributed by atoms with van der Waals surface area (Å²) >= 11 is 0. The van der Waals surface area contributed by atoms with E-state index < -0.39 is 11.6 Å². The van der Waals surface area contributed by atoms with Gasteiger partial charge in [0, 0.05) is 0 Å². The third-order valence-electron chi connectivity index (χ3n) is 5.58. The fourth-order valence-electron chi connectivity index (χ4n) is 3.70. The Labute approximate surface area is 159 Å². The first-order valence-electron chi connectivity index (χ1n) is 10.4. The van der Waals surface area contributed by atoms with E-state index in [0.29, 0.717) is 5.92 Å². The highest BCUT2D eigenvalue weighted by molar-refractivity contribution is 5.67. The maximum Gasteiger partial charge on any atom is 0.306 e. The van der Waals surface area contributed by atoms with E-state index in [9.17, 15) is 4.79 Å². The van der Waals surface area contributed by atoms with Crippen LogP contribution in [0.2, 0.25) is 0 Å². The van der Waals surface area contributed by atoms with Gasteiger partial charge in [0.25, 0.3) is 0 Å². The number of rotatable bonds is 11. The van der Waals surface area contributed by atoms with Gasteiger partial charge in [0.15, 0.2) is 0 Å². The summed E-state index contributed by atoms with van der Waals surface area (Å²) in [5.74, 6) is -0.0725. The summed E-state index contributed by atoms with van der Waals surface area (Å²) in [6.07, 6.45) is 13.3. The fourth-order valence-corrected chi connectivity index (χ4v) is 3.70. The van der Waals surface area contributed by atoms with Crippen LogP contribution in [0.1, 0.15) is 86.0 Å². The third-order valence-corrected chi connectivity index (χ3v) is 5.58. The molecule has 0 aromatic heterocycles. The van der Waals surface area contributed by atoms with E-state index in [1.54, 1.807) is 0 Å². The van der Waals surface area contributed by atoms with Crippen molar-refractivity contribution < 1.29 is 19.7 Å². The summed E-state index contributed by atoms with van der Waals surface area (Å²) in [6.45, 7) is 10.8. The Hall–Kier alpha value is -1.13. The second-order valence-electron chi connectivity index (χ2n) is 7.47. The van der Waals surface area contributed by atoms with Gasteiger partial charge in [0.2, 0.25) is 0 Å². The van der Waals surface area contributed by atoms with Crippen LogP contribution in [0.3, 0.4) is 0 Å². The topological polar surface area (TPSA) is 55.8 Å². The van der Waals surface area contributed by atoms with Crippen molar-refractivity contribution in [3.05, 3.63) is 23.8 Å². The van der Waals surface area contributed by atoms with Crippen molar-refractivity contribution in [3.8, 4) is 0 Å². The number of aliphatic carboxylic acids is 1. The highest BCUT2D eigenvalue weighted by Crippen LogP contribution is 2.39. The summed E-state index contributed by atoms with van der Waals surface area (Å²) in [5.41, 5.74) is 0.961. The summed E-state index contributed by atoms with van der Waals surface area (Å²) in [5, 5.41) is 9.09. The van der Waals surface area contributed by atoms with Crippen LogP contribution in [0.15, 0.2) is 23.8 Å². The number of hydrogen-bond donors (Lipinski definition) is 1. The molecule has 0 aromatic carbocycles. The second-order valence-corrected chi connectivity index (χ2v) is 7.47. The van der Waals surface area contributed by atoms with E-state index >= 15 is 0 Å². The lowest BCUT2D eigenvalue weighted by molar-refractivity contribution is -0.409. The number of carboxylic acids is 1. The minimum Gasteiger partial charge on any atom is -0.481 e. The summed E-state index contributed by atoms with van der Waals surface area (Å²) in [7, 11) is 0. The van der Waals surface area contributed by atoms with Gasteiger partial charge < -0.3 is 5.11 Å². The second kappa shape index (κ2) is 11.6. The minimum absolute atomic E-state index is 0.00235. The average Bonchev–Trinajstić information content (AvgIpc) is 2.65. The van der Waals surface area contributed by atoms with Crippen molar-refractivity contribution in [3.63, 3.8) is 0 Å². The van der Waals surface area contributed by atoms with Gasteiger partial charge in [0.1, 0.15) is 11.7 Å². The van der Waals surface area contributed by atoms with Gasteiger partial charge in [-0.05, 0) is 50.4 Å². The van der Waals surface area contributed by atoms with Crippen LogP contribution in [0, 0.1) is 11.8 Å². The molecule has 150 valence electrons. The van der Waals surface area contributed by atoms with Gasteiger partial charge in [-0.15, -0.1) is 0 Å². The third kappa shape index (κ3) is 6.88. The van der Waals surface area contributed by atoms with E-state index in [-0.39, 0.29) is 18.4 Å². The monoisotopic (exact) mass is 366 g/mol. The Morgan fingerprint density at radius 3 is 2.50 bits per heavy atom.